The number of benzene rings is 1. The minimum atomic E-state index is -0.0135. The molecule has 0 aromatic heterocycles. The molecule has 0 fully saturated rings. The quantitative estimate of drug-likeness (QED) is 0.838. The van der Waals surface area contributed by atoms with E-state index in [1.54, 1.807) is 0 Å². The van der Waals surface area contributed by atoms with Crippen LogP contribution in [0.3, 0.4) is 0 Å². The van der Waals surface area contributed by atoms with E-state index in [2.05, 4.69) is 39.0 Å². The highest BCUT2D eigenvalue weighted by Gasteiger charge is 2.06. The van der Waals surface area contributed by atoms with Crippen LogP contribution in [0.25, 0.3) is 0 Å². The summed E-state index contributed by atoms with van der Waals surface area (Å²) in [5, 5.41) is 8.74. The topological polar surface area (TPSA) is 27.0 Å². The monoisotopic (exact) mass is 266 g/mol. The van der Waals surface area contributed by atoms with Gasteiger partial charge in [0, 0.05) is 11.0 Å². The average molecular weight is 267 g/mol. The fraction of sp³-hybridized carbons (Fsp3) is 0.417. The van der Waals surface area contributed by atoms with Gasteiger partial charge in [-0.25, -0.2) is 0 Å². The summed E-state index contributed by atoms with van der Waals surface area (Å²) in [5.41, 5.74) is 1.30. The Morgan fingerprint density at radius 3 is 2.53 bits per heavy atom. The van der Waals surface area contributed by atoms with Crippen LogP contribution in [-0.4, -0.2) is 24.5 Å². The molecule has 15 heavy (non-hydrogen) atoms. The molecule has 1 aromatic rings. The van der Waals surface area contributed by atoms with E-state index in [0.717, 1.165) is 17.4 Å². The Morgan fingerprint density at radius 1 is 1.40 bits per heavy atom. The number of rotatable bonds is 4. The number of likely N-dealkylation sites (N-methyl/N-ethyl adjacent to an activating group) is 1. The van der Waals surface area contributed by atoms with Crippen LogP contribution in [0, 0.1) is 11.3 Å². The summed E-state index contributed by atoms with van der Waals surface area (Å²) in [4.78, 5) is 2.06. The van der Waals surface area contributed by atoms with Crippen molar-refractivity contribution in [3.63, 3.8) is 0 Å². The van der Waals surface area contributed by atoms with Gasteiger partial charge in [0.15, 0.2) is 0 Å². The molecule has 1 rings (SSSR count). The first kappa shape index (κ1) is 12.2. The zero-order valence-electron chi connectivity index (χ0n) is 9.07. The maximum absolute atomic E-state index is 8.74. The smallest absolute Gasteiger partial charge is 0.0946 e. The van der Waals surface area contributed by atoms with Crippen molar-refractivity contribution in [3.05, 3.63) is 34.3 Å². The number of halogens is 1. The number of hydrogen-bond donors (Lipinski definition) is 0. The molecular formula is C12H15BrN2. The fourth-order valence-electron chi connectivity index (χ4n) is 1.25. The molecule has 0 amide bonds. The van der Waals surface area contributed by atoms with E-state index >= 15 is 0 Å². The van der Waals surface area contributed by atoms with Crippen LogP contribution in [0.4, 0.5) is 0 Å². The number of nitriles is 1. The van der Waals surface area contributed by atoms with Crippen LogP contribution in [0.1, 0.15) is 12.5 Å². The van der Waals surface area contributed by atoms with E-state index < -0.39 is 0 Å². The highest BCUT2D eigenvalue weighted by atomic mass is 79.9. The molecule has 2 nitrogen and oxygen atoms in total. The number of nitrogens with zero attached hydrogens (tertiary/aromatic N) is 2. The first-order chi connectivity index (χ1) is 7.13. The molecule has 0 radical (unpaired) electrons. The van der Waals surface area contributed by atoms with Gasteiger partial charge in [-0.3, -0.25) is 4.90 Å². The van der Waals surface area contributed by atoms with Crippen molar-refractivity contribution in [2.45, 2.75) is 19.4 Å². The van der Waals surface area contributed by atoms with Gasteiger partial charge in [-0.05, 0) is 38.1 Å². The highest BCUT2D eigenvalue weighted by molar-refractivity contribution is 9.10. The highest BCUT2D eigenvalue weighted by Crippen LogP contribution is 2.11. The standard InChI is InChI=1S/C12H15BrN2/c1-10(9-14)15(2)8-7-11-3-5-12(13)6-4-11/h3-6,10H,7-8H2,1-2H3. The van der Waals surface area contributed by atoms with Crippen LogP contribution in [0.15, 0.2) is 28.7 Å². The Hall–Kier alpha value is -0.850. The van der Waals surface area contributed by atoms with Crippen molar-refractivity contribution in [1.82, 2.24) is 4.90 Å². The van der Waals surface area contributed by atoms with Crippen LogP contribution in [0.5, 0.6) is 0 Å². The van der Waals surface area contributed by atoms with Gasteiger partial charge in [-0.1, -0.05) is 28.1 Å². The maximum atomic E-state index is 8.74. The zero-order valence-corrected chi connectivity index (χ0v) is 10.7. The van der Waals surface area contributed by atoms with Gasteiger partial charge in [0.05, 0.1) is 12.1 Å². The van der Waals surface area contributed by atoms with Crippen LogP contribution < -0.4 is 0 Å². The summed E-state index contributed by atoms with van der Waals surface area (Å²) >= 11 is 3.41. The van der Waals surface area contributed by atoms with Gasteiger partial charge < -0.3 is 0 Å². The number of hydrogen-bond acceptors (Lipinski definition) is 2. The fourth-order valence-corrected chi connectivity index (χ4v) is 1.51. The Bertz CT molecular complexity index is 340. The predicted octanol–water partition coefficient (Wildman–Crippen LogP) is 2.84. The second-order valence-corrected chi connectivity index (χ2v) is 4.58. The van der Waals surface area contributed by atoms with Gasteiger partial charge in [0.1, 0.15) is 0 Å². The molecule has 0 aliphatic rings. The van der Waals surface area contributed by atoms with Crippen molar-refractivity contribution >= 4 is 15.9 Å². The molecule has 0 aliphatic heterocycles. The Labute approximate surface area is 99.6 Å². The summed E-state index contributed by atoms with van der Waals surface area (Å²) in [6.45, 7) is 2.83. The van der Waals surface area contributed by atoms with E-state index in [4.69, 9.17) is 5.26 Å². The average Bonchev–Trinajstić information content (AvgIpc) is 2.26. The van der Waals surface area contributed by atoms with Gasteiger partial charge >= 0.3 is 0 Å². The molecular weight excluding hydrogens is 252 g/mol. The largest absolute Gasteiger partial charge is 0.291 e. The lowest BCUT2D eigenvalue weighted by Gasteiger charge is -2.18. The normalized spacial score (nSPS) is 12.5. The van der Waals surface area contributed by atoms with Gasteiger partial charge in [0.2, 0.25) is 0 Å². The first-order valence-corrected chi connectivity index (χ1v) is 5.77. The molecule has 0 N–H and O–H groups in total. The lowest BCUT2D eigenvalue weighted by atomic mass is 10.1. The van der Waals surface area contributed by atoms with Crippen molar-refractivity contribution in [3.8, 4) is 6.07 Å². The molecule has 0 aliphatic carbocycles. The van der Waals surface area contributed by atoms with Crippen LogP contribution in [-0.2, 0) is 6.42 Å². The summed E-state index contributed by atoms with van der Waals surface area (Å²) in [6, 6.07) is 10.5. The first-order valence-electron chi connectivity index (χ1n) is 4.98. The van der Waals surface area contributed by atoms with Gasteiger partial charge in [-0.15, -0.1) is 0 Å². The molecule has 3 heteroatoms. The lowest BCUT2D eigenvalue weighted by molar-refractivity contribution is 0.306. The Morgan fingerprint density at radius 2 is 2.00 bits per heavy atom. The third-order valence-corrected chi connectivity index (χ3v) is 3.04. The van der Waals surface area contributed by atoms with E-state index in [-0.39, 0.29) is 6.04 Å². The molecule has 0 heterocycles. The Kier molecular flexibility index (Phi) is 4.80. The van der Waals surface area contributed by atoms with E-state index in [9.17, 15) is 0 Å². The van der Waals surface area contributed by atoms with Crippen molar-refractivity contribution < 1.29 is 0 Å². The van der Waals surface area contributed by atoms with E-state index in [1.165, 1.54) is 5.56 Å². The zero-order chi connectivity index (χ0) is 11.3. The second-order valence-electron chi connectivity index (χ2n) is 3.66. The van der Waals surface area contributed by atoms with Crippen molar-refractivity contribution in [2.24, 2.45) is 0 Å². The maximum Gasteiger partial charge on any atom is 0.0946 e. The van der Waals surface area contributed by atoms with Crippen molar-refractivity contribution in [1.29, 1.82) is 5.26 Å². The molecule has 0 saturated carbocycles. The van der Waals surface area contributed by atoms with Crippen molar-refractivity contribution in [2.75, 3.05) is 13.6 Å². The molecule has 1 aromatic carbocycles. The summed E-state index contributed by atoms with van der Waals surface area (Å²) in [6.07, 6.45) is 0.982. The molecule has 1 atom stereocenters. The molecule has 1 unspecified atom stereocenters. The van der Waals surface area contributed by atoms with Crippen LogP contribution >= 0.6 is 15.9 Å². The second kappa shape index (κ2) is 5.89. The van der Waals surface area contributed by atoms with Gasteiger partial charge in [-0.2, -0.15) is 5.26 Å². The van der Waals surface area contributed by atoms with E-state index in [1.807, 2.05) is 26.1 Å². The minimum absolute atomic E-state index is 0.0135. The Balaban J connectivity index is 2.44. The van der Waals surface area contributed by atoms with Crippen LogP contribution in [0.2, 0.25) is 0 Å². The van der Waals surface area contributed by atoms with E-state index in [0.29, 0.717) is 0 Å². The third-order valence-electron chi connectivity index (χ3n) is 2.51. The molecule has 0 saturated heterocycles. The molecule has 0 spiro atoms. The predicted molar refractivity (Wildman–Crippen MR) is 65.6 cm³/mol. The summed E-state index contributed by atoms with van der Waals surface area (Å²) in [5.74, 6) is 0. The molecule has 0 bridgehead atoms. The lowest BCUT2D eigenvalue weighted by Crippen LogP contribution is -2.29. The summed E-state index contributed by atoms with van der Waals surface area (Å²) < 4.78 is 1.10. The third kappa shape index (κ3) is 4.03. The molecule has 80 valence electrons. The minimum Gasteiger partial charge on any atom is -0.291 e. The summed E-state index contributed by atoms with van der Waals surface area (Å²) in [7, 11) is 1.98. The van der Waals surface area contributed by atoms with Gasteiger partial charge in [0.25, 0.3) is 0 Å². The SMILES string of the molecule is CC(C#N)N(C)CCc1ccc(Br)cc1.